The highest BCUT2D eigenvalue weighted by atomic mass is 35.5. The molecule has 168 valence electrons. The van der Waals surface area contributed by atoms with E-state index < -0.39 is 15.9 Å². The fourth-order valence-corrected chi connectivity index (χ4v) is 4.70. The number of carbonyl (C=O) groups is 1. The molecule has 0 atom stereocenters. The zero-order valence-electron chi connectivity index (χ0n) is 17.7. The van der Waals surface area contributed by atoms with Crippen molar-refractivity contribution in [3.8, 4) is 0 Å². The highest BCUT2D eigenvalue weighted by molar-refractivity contribution is 7.92. The minimum absolute atomic E-state index is 0.0406. The number of anilines is 2. The highest BCUT2D eigenvalue weighted by Crippen LogP contribution is 2.26. The molecule has 1 amide bonds. The summed E-state index contributed by atoms with van der Waals surface area (Å²) in [5.74, 6) is -0.0659. The second-order valence-corrected chi connectivity index (χ2v) is 9.64. The Morgan fingerprint density at radius 3 is 2.36 bits per heavy atom. The molecule has 0 spiro atoms. The maximum Gasteiger partial charge on any atom is 0.264 e. The number of benzene rings is 3. The maximum atomic E-state index is 13.1. The number of sulfonamides is 1. The van der Waals surface area contributed by atoms with E-state index in [0.29, 0.717) is 18.1 Å². The van der Waals surface area contributed by atoms with Crippen molar-refractivity contribution in [1.29, 1.82) is 0 Å². The van der Waals surface area contributed by atoms with Crippen molar-refractivity contribution in [2.75, 3.05) is 16.7 Å². The number of para-hydroxylation sites is 1. The Morgan fingerprint density at radius 1 is 1.00 bits per heavy atom. The number of halogens is 1. The van der Waals surface area contributed by atoms with Crippen LogP contribution < -0.4 is 9.62 Å². The fraction of sp³-hybridized carbons (Fsp3) is 0.0833. The van der Waals surface area contributed by atoms with Crippen molar-refractivity contribution in [2.45, 2.75) is 11.4 Å². The monoisotopic (exact) mass is 480 g/mol. The Labute approximate surface area is 197 Å². The van der Waals surface area contributed by atoms with Crippen molar-refractivity contribution in [2.24, 2.45) is 0 Å². The SMILES string of the molecule is CN(c1ccccc1)S(=O)(=O)c1ccc(Cl)c(C(=O)Nc2ccnn2Cc2ccccc2)c1. The van der Waals surface area contributed by atoms with Crippen molar-refractivity contribution in [3.63, 3.8) is 0 Å². The summed E-state index contributed by atoms with van der Waals surface area (Å²) < 4.78 is 29.1. The lowest BCUT2D eigenvalue weighted by molar-refractivity contribution is 0.102. The van der Waals surface area contributed by atoms with Crippen molar-refractivity contribution in [1.82, 2.24) is 9.78 Å². The number of aromatic nitrogens is 2. The first-order chi connectivity index (χ1) is 15.9. The van der Waals surface area contributed by atoms with E-state index in [4.69, 9.17) is 11.6 Å². The van der Waals surface area contributed by atoms with Gasteiger partial charge in [-0.3, -0.25) is 9.10 Å². The third-order valence-electron chi connectivity index (χ3n) is 5.09. The molecule has 1 aromatic heterocycles. The number of carbonyl (C=O) groups excluding carboxylic acids is 1. The Kier molecular flexibility index (Phi) is 6.48. The molecule has 4 rings (SSSR count). The van der Waals surface area contributed by atoms with E-state index in [1.54, 1.807) is 47.3 Å². The Bertz CT molecular complexity index is 1370. The van der Waals surface area contributed by atoms with Crippen LogP contribution >= 0.6 is 11.6 Å². The summed E-state index contributed by atoms with van der Waals surface area (Å²) in [7, 11) is -2.44. The Hall–Kier alpha value is -3.62. The quantitative estimate of drug-likeness (QED) is 0.417. The first-order valence-electron chi connectivity index (χ1n) is 10.1. The lowest BCUT2D eigenvalue weighted by Crippen LogP contribution is -2.27. The van der Waals surface area contributed by atoms with Gasteiger partial charge >= 0.3 is 0 Å². The van der Waals surface area contributed by atoms with Crippen LogP contribution in [0.15, 0.2) is 96.0 Å². The van der Waals surface area contributed by atoms with E-state index in [9.17, 15) is 13.2 Å². The van der Waals surface area contributed by atoms with E-state index in [1.165, 1.54) is 25.2 Å². The summed E-state index contributed by atoms with van der Waals surface area (Å²) in [6.45, 7) is 0.466. The summed E-state index contributed by atoms with van der Waals surface area (Å²) in [5.41, 5.74) is 1.57. The smallest absolute Gasteiger partial charge is 0.264 e. The summed E-state index contributed by atoms with van der Waals surface area (Å²) in [6.07, 6.45) is 1.58. The van der Waals surface area contributed by atoms with Crippen LogP contribution in [0, 0.1) is 0 Å². The van der Waals surface area contributed by atoms with Crippen LogP contribution in [0.1, 0.15) is 15.9 Å². The molecule has 0 fully saturated rings. The number of amides is 1. The number of nitrogens with one attached hydrogen (secondary N) is 1. The van der Waals surface area contributed by atoms with Gasteiger partial charge < -0.3 is 5.32 Å². The molecule has 0 saturated carbocycles. The molecule has 0 radical (unpaired) electrons. The third-order valence-corrected chi connectivity index (χ3v) is 7.21. The normalized spacial score (nSPS) is 11.2. The maximum absolute atomic E-state index is 13.1. The van der Waals surface area contributed by atoms with Gasteiger partial charge in [0.15, 0.2) is 0 Å². The van der Waals surface area contributed by atoms with E-state index in [-0.39, 0.29) is 15.5 Å². The number of hydrogen-bond acceptors (Lipinski definition) is 4. The number of hydrogen-bond donors (Lipinski definition) is 1. The molecular weight excluding hydrogens is 460 g/mol. The standard InChI is InChI=1S/C24H21ClN4O3S/c1-28(19-10-6-3-7-11-19)33(31,32)20-12-13-22(25)21(16-20)24(30)27-23-14-15-26-29(23)17-18-8-4-2-5-9-18/h2-16H,17H2,1H3,(H,27,30). The second-order valence-electron chi connectivity index (χ2n) is 7.26. The summed E-state index contributed by atoms with van der Waals surface area (Å²) in [4.78, 5) is 13.0. The molecule has 33 heavy (non-hydrogen) atoms. The largest absolute Gasteiger partial charge is 0.307 e. The number of rotatable bonds is 7. The number of nitrogens with zero attached hydrogens (tertiary/aromatic N) is 3. The van der Waals surface area contributed by atoms with Crippen molar-refractivity contribution >= 4 is 39.0 Å². The minimum atomic E-state index is -3.90. The van der Waals surface area contributed by atoms with E-state index in [2.05, 4.69) is 10.4 Å². The van der Waals surface area contributed by atoms with Gasteiger partial charge in [0.1, 0.15) is 5.82 Å². The molecule has 0 aliphatic carbocycles. The van der Waals surface area contributed by atoms with Gasteiger partial charge in [-0.15, -0.1) is 0 Å². The summed E-state index contributed by atoms with van der Waals surface area (Å²) in [6, 6.07) is 24.1. The molecular formula is C24H21ClN4O3S. The van der Waals surface area contributed by atoms with Crippen molar-refractivity contribution < 1.29 is 13.2 Å². The van der Waals surface area contributed by atoms with Gasteiger partial charge in [-0.25, -0.2) is 13.1 Å². The molecule has 0 saturated heterocycles. The van der Waals surface area contributed by atoms with Gasteiger partial charge in [0, 0.05) is 13.1 Å². The van der Waals surface area contributed by atoms with E-state index in [1.807, 2.05) is 30.3 Å². The van der Waals surface area contributed by atoms with Crippen LogP contribution in [0.2, 0.25) is 5.02 Å². The highest BCUT2D eigenvalue weighted by Gasteiger charge is 2.24. The van der Waals surface area contributed by atoms with E-state index in [0.717, 1.165) is 9.87 Å². The van der Waals surface area contributed by atoms with Crippen LogP contribution in [0.3, 0.4) is 0 Å². The van der Waals surface area contributed by atoms with E-state index >= 15 is 0 Å². The topological polar surface area (TPSA) is 84.3 Å². The molecule has 3 aromatic carbocycles. The third kappa shape index (κ3) is 4.92. The van der Waals surface area contributed by atoms with Crippen LogP contribution in [0.5, 0.6) is 0 Å². The lowest BCUT2D eigenvalue weighted by atomic mass is 10.2. The molecule has 9 heteroatoms. The van der Waals surface area contributed by atoms with Crippen LogP contribution in [0.4, 0.5) is 11.5 Å². The fourth-order valence-electron chi connectivity index (χ4n) is 3.28. The average Bonchev–Trinajstić information content (AvgIpc) is 3.26. The zero-order valence-corrected chi connectivity index (χ0v) is 19.3. The molecule has 4 aromatic rings. The lowest BCUT2D eigenvalue weighted by Gasteiger charge is -2.20. The Balaban J connectivity index is 1.59. The van der Waals surface area contributed by atoms with Gasteiger partial charge in [-0.05, 0) is 35.9 Å². The first-order valence-corrected chi connectivity index (χ1v) is 11.9. The van der Waals surface area contributed by atoms with Gasteiger partial charge in [0.2, 0.25) is 0 Å². The minimum Gasteiger partial charge on any atom is -0.307 e. The summed E-state index contributed by atoms with van der Waals surface area (Å²) >= 11 is 6.26. The Morgan fingerprint density at radius 2 is 1.67 bits per heavy atom. The average molecular weight is 481 g/mol. The predicted octanol–water partition coefficient (Wildman–Crippen LogP) is 4.66. The molecule has 1 heterocycles. The van der Waals surface area contributed by atoms with Gasteiger partial charge in [0.05, 0.1) is 33.9 Å². The molecule has 0 bridgehead atoms. The molecule has 0 unspecified atom stereocenters. The van der Waals surface area contributed by atoms with Crippen molar-refractivity contribution in [3.05, 3.63) is 107 Å². The molecule has 0 aliphatic heterocycles. The summed E-state index contributed by atoms with van der Waals surface area (Å²) in [5, 5.41) is 7.18. The van der Waals surface area contributed by atoms with Gasteiger partial charge in [-0.1, -0.05) is 60.1 Å². The van der Waals surface area contributed by atoms with Crippen LogP contribution in [-0.4, -0.2) is 31.2 Å². The molecule has 0 aliphatic rings. The van der Waals surface area contributed by atoms with Gasteiger partial charge in [-0.2, -0.15) is 5.10 Å². The predicted molar refractivity (Wildman–Crippen MR) is 129 cm³/mol. The first kappa shape index (κ1) is 22.6. The van der Waals surface area contributed by atoms with Gasteiger partial charge in [0.25, 0.3) is 15.9 Å². The molecule has 7 nitrogen and oxygen atoms in total. The second kappa shape index (κ2) is 9.48. The van der Waals surface area contributed by atoms with Crippen LogP contribution in [0.25, 0.3) is 0 Å². The van der Waals surface area contributed by atoms with Crippen LogP contribution in [-0.2, 0) is 16.6 Å². The zero-order chi connectivity index (χ0) is 23.4. The molecule has 1 N–H and O–H groups in total.